The normalized spacial score (nSPS) is 15.0. The summed E-state index contributed by atoms with van der Waals surface area (Å²) < 4.78 is 16.6. The van der Waals surface area contributed by atoms with Crippen LogP contribution < -0.4 is 4.72 Å². The SMILES string of the molecule is Cc1cccc(-n2ncc3ccc(-c4cccc(C(C)(O)N[S@+]([O-])C(C)(C)C)n4)cc32)n1. The Labute approximate surface area is 190 Å². The van der Waals surface area contributed by atoms with Gasteiger partial charge in [0.15, 0.2) is 11.5 Å². The van der Waals surface area contributed by atoms with Gasteiger partial charge in [0, 0.05) is 28.0 Å². The van der Waals surface area contributed by atoms with E-state index in [2.05, 4.69) is 19.8 Å². The summed E-state index contributed by atoms with van der Waals surface area (Å²) in [4.78, 5) is 9.24. The summed E-state index contributed by atoms with van der Waals surface area (Å²) in [5.74, 6) is 0.746. The number of nitrogens with zero attached hydrogens (tertiary/aromatic N) is 4. The minimum Gasteiger partial charge on any atom is -0.598 e. The van der Waals surface area contributed by atoms with Crippen molar-refractivity contribution in [1.82, 2.24) is 24.5 Å². The van der Waals surface area contributed by atoms with E-state index in [1.54, 1.807) is 17.7 Å². The van der Waals surface area contributed by atoms with Crippen molar-refractivity contribution in [3.05, 3.63) is 72.2 Å². The van der Waals surface area contributed by atoms with Gasteiger partial charge >= 0.3 is 0 Å². The van der Waals surface area contributed by atoms with Crippen molar-refractivity contribution < 1.29 is 9.66 Å². The lowest BCUT2D eigenvalue weighted by Gasteiger charge is -2.31. The minimum atomic E-state index is -1.55. The van der Waals surface area contributed by atoms with Gasteiger partial charge in [0.25, 0.3) is 0 Å². The summed E-state index contributed by atoms with van der Waals surface area (Å²) in [6.45, 7) is 9.04. The molecule has 0 aliphatic rings. The van der Waals surface area contributed by atoms with Crippen molar-refractivity contribution in [3.63, 3.8) is 0 Å². The second kappa shape index (κ2) is 8.29. The van der Waals surface area contributed by atoms with Gasteiger partial charge in [-0.15, -0.1) is 4.72 Å². The van der Waals surface area contributed by atoms with E-state index in [1.165, 1.54) is 0 Å². The molecule has 32 heavy (non-hydrogen) atoms. The lowest BCUT2D eigenvalue weighted by Crippen LogP contribution is -2.50. The van der Waals surface area contributed by atoms with E-state index < -0.39 is 21.8 Å². The molecule has 0 bridgehead atoms. The van der Waals surface area contributed by atoms with Crippen LogP contribution >= 0.6 is 0 Å². The average molecular weight is 450 g/mol. The Bertz CT molecular complexity index is 1260. The zero-order valence-electron chi connectivity index (χ0n) is 18.8. The number of nitrogens with one attached hydrogen (secondary N) is 1. The highest BCUT2D eigenvalue weighted by Crippen LogP contribution is 2.27. The summed E-state index contributed by atoms with van der Waals surface area (Å²) >= 11 is -1.46. The van der Waals surface area contributed by atoms with E-state index in [1.807, 2.05) is 82.4 Å². The van der Waals surface area contributed by atoms with Gasteiger partial charge in [-0.3, -0.25) is 0 Å². The van der Waals surface area contributed by atoms with Crippen LogP contribution in [0, 0.1) is 6.92 Å². The smallest absolute Gasteiger partial charge is 0.197 e. The number of fused-ring (bicyclic) bond motifs is 1. The van der Waals surface area contributed by atoms with Gasteiger partial charge in [-0.05, 0) is 65.0 Å². The van der Waals surface area contributed by atoms with Crippen LogP contribution in [0.2, 0.25) is 0 Å². The van der Waals surface area contributed by atoms with Gasteiger partial charge in [0.2, 0.25) is 0 Å². The molecular weight excluding hydrogens is 422 g/mol. The van der Waals surface area contributed by atoms with Crippen LogP contribution in [0.4, 0.5) is 0 Å². The van der Waals surface area contributed by atoms with E-state index in [4.69, 9.17) is 0 Å². The third kappa shape index (κ3) is 4.54. The van der Waals surface area contributed by atoms with Crippen molar-refractivity contribution in [1.29, 1.82) is 0 Å². The highest BCUT2D eigenvalue weighted by atomic mass is 32.2. The second-order valence-corrected chi connectivity index (χ2v) is 10.9. The minimum absolute atomic E-state index is 0.390. The fourth-order valence-corrected chi connectivity index (χ4v) is 4.03. The summed E-state index contributed by atoms with van der Waals surface area (Å²) in [6, 6.07) is 17.2. The number of benzene rings is 1. The predicted octanol–water partition coefficient (Wildman–Crippen LogP) is 4.01. The van der Waals surface area contributed by atoms with Crippen LogP contribution in [0.25, 0.3) is 28.0 Å². The molecule has 0 saturated heterocycles. The fourth-order valence-electron chi connectivity index (χ4n) is 3.26. The van der Waals surface area contributed by atoms with E-state index >= 15 is 0 Å². The molecule has 0 radical (unpaired) electrons. The lowest BCUT2D eigenvalue weighted by atomic mass is 10.1. The third-order valence-electron chi connectivity index (χ3n) is 5.05. The van der Waals surface area contributed by atoms with Crippen LogP contribution in [0.3, 0.4) is 0 Å². The van der Waals surface area contributed by atoms with Crippen molar-refractivity contribution in [2.45, 2.75) is 45.1 Å². The Morgan fingerprint density at radius 2 is 1.75 bits per heavy atom. The molecule has 0 aliphatic heterocycles. The van der Waals surface area contributed by atoms with Gasteiger partial charge in [-0.1, -0.05) is 24.3 Å². The molecular formula is C24H27N5O2S. The first-order chi connectivity index (χ1) is 15.0. The third-order valence-corrected chi connectivity index (χ3v) is 6.75. The molecule has 3 aromatic heterocycles. The van der Waals surface area contributed by atoms with Gasteiger partial charge in [0.05, 0.1) is 23.1 Å². The highest BCUT2D eigenvalue weighted by Gasteiger charge is 2.36. The molecule has 1 unspecified atom stereocenters. The zero-order chi connectivity index (χ0) is 23.1. The molecule has 7 nitrogen and oxygen atoms in total. The molecule has 8 heteroatoms. The van der Waals surface area contributed by atoms with Gasteiger partial charge < -0.3 is 9.66 Å². The summed E-state index contributed by atoms with van der Waals surface area (Å²) in [6.07, 6.45) is 1.81. The predicted molar refractivity (Wildman–Crippen MR) is 127 cm³/mol. The monoisotopic (exact) mass is 449 g/mol. The molecule has 2 atom stereocenters. The first-order valence-electron chi connectivity index (χ1n) is 10.4. The lowest BCUT2D eigenvalue weighted by molar-refractivity contribution is 0.0401. The summed E-state index contributed by atoms with van der Waals surface area (Å²) in [5.41, 5.74) is 2.23. The number of aliphatic hydroxyl groups is 1. The molecule has 2 N–H and O–H groups in total. The van der Waals surface area contributed by atoms with Gasteiger partial charge in [-0.2, -0.15) is 5.10 Å². The molecule has 0 fully saturated rings. The maximum atomic E-state index is 12.5. The topological polar surface area (TPSA) is 98.9 Å². The zero-order valence-corrected chi connectivity index (χ0v) is 19.6. The first kappa shape index (κ1) is 22.4. The maximum Gasteiger partial charge on any atom is 0.197 e. The van der Waals surface area contributed by atoms with E-state index in [9.17, 15) is 9.66 Å². The Balaban J connectivity index is 1.72. The highest BCUT2D eigenvalue weighted by molar-refractivity contribution is 7.90. The number of aryl methyl sites for hydroxylation is 1. The van der Waals surface area contributed by atoms with Crippen molar-refractivity contribution in [2.75, 3.05) is 0 Å². The number of hydrogen-bond acceptors (Lipinski definition) is 6. The second-order valence-electron chi connectivity index (χ2n) is 8.93. The van der Waals surface area contributed by atoms with E-state index in [0.29, 0.717) is 11.4 Å². The standard InChI is InChI=1S/C24H27N5O2S/c1-16-8-6-11-22(26-16)29-20-14-17(12-13-18(20)15-25-29)19-9-7-10-21(27-19)24(5,30)28-32(31)23(2,3)4/h6-15,28,30H,1-5H3/t24?,32-/m1/s1. The summed E-state index contributed by atoms with van der Waals surface area (Å²) in [5, 5.41) is 16.5. The largest absolute Gasteiger partial charge is 0.598 e. The van der Waals surface area contributed by atoms with Crippen LogP contribution in [0.5, 0.6) is 0 Å². The molecule has 4 aromatic rings. The number of rotatable bonds is 5. The van der Waals surface area contributed by atoms with Gasteiger partial charge in [-0.25, -0.2) is 14.6 Å². The molecule has 0 saturated carbocycles. The van der Waals surface area contributed by atoms with Gasteiger partial charge in [0.1, 0.15) is 4.75 Å². The van der Waals surface area contributed by atoms with Crippen LogP contribution in [-0.4, -0.2) is 34.2 Å². The van der Waals surface area contributed by atoms with Crippen molar-refractivity contribution in [3.8, 4) is 17.1 Å². The number of hydrogen-bond donors (Lipinski definition) is 2. The first-order valence-corrected chi connectivity index (χ1v) is 11.5. The number of aromatic nitrogens is 4. The van der Waals surface area contributed by atoms with E-state index in [0.717, 1.165) is 28.0 Å². The molecule has 3 heterocycles. The molecule has 0 spiro atoms. The number of pyridine rings is 2. The Morgan fingerprint density at radius 3 is 2.47 bits per heavy atom. The molecule has 1 aromatic carbocycles. The Hall–Kier alpha value is -2.78. The molecule has 4 rings (SSSR count). The van der Waals surface area contributed by atoms with Crippen LogP contribution in [-0.2, 0) is 17.1 Å². The molecule has 0 aliphatic carbocycles. The van der Waals surface area contributed by atoms with E-state index in [-0.39, 0.29) is 0 Å². The molecule has 0 amide bonds. The van der Waals surface area contributed by atoms with Crippen molar-refractivity contribution in [2.24, 2.45) is 0 Å². The quantitative estimate of drug-likeness (QED) is 0.353. The van der Waals surface area contributed by atoms with Crippen LogP contribution in [0.15, 0.2) is 60.8 Å². The van der Waals surface area contributed by atoms with Crippen LogP contribution in [0.1, 0.15) is 39.1 Å². The Kier molecular flexibility index (Phi) is 5.81. The Morgan fingerprint density at radius 1 is 1.00 bits per heavy atom. The average Bonchev–Trinajstić information content (AvgIpc) is 3.16. The summed E-state index contributed by atoms with van der Waals surface area (Å²) in [7, 11) is 0. The maximum absolute atomic E-state index is 12.5. The fraction of sp³-hybridized carbons (Fsp3) is 0.292. The van der Waals surface area contributed by atoms with Crippen molar-refractivity contribution >= 4 is 22.3 Å². The molecule has 166 valence electrons.